The van der Waals surface area contributed by atoms with Crippen LogP contribution in [0.2, 0.25) is 0 Å². The normalized spacial score (nSPS) is 19.3. The molecule has 1 aliphatic rings. The second kappa shape index (κ2) is 5.10. The van der Waals surface area contributed by atoms with E-state index < -0.39 is 9.84 Å². The number of hydrogen-bond donors (Lipinski definition) is 1. The summed E-state index contributed by atoms with van der Waals surface area (Å²) in [7, 11) is -3.27. The van der Waals surface area contributed by atoms with Crippen molar-refractivity contribution >= 4 is 31.5 Å². The van der Waals surface area contributed by atoms with Crippen LogP contribution in [0.1, 0.15) is 17.2 Å². The highest BCUT2D eigenvalue weighted by molar-refractivity contribution is 9.10. The van der Waals surface area contributed by atoms with Crippen LogP contribution in [0.4, 0.5) is 10.1 Å². The van der Waals surface area contributed by atoms with Crippen LogP contribution < -0.4 is 5.32 Å². The van der Waals surface area contributed by atoms with Crippen LogP contribution in [-0.4, -0.2) is 14.2 Å². The van der Waals surface area contributed by atoms with Crippen molar-refractivity contribution in [3.05, 3.63) is 57.8 Å². The summed E-state index contributed by atoms with van der Waals surface area (Å²) in [4.78, 5) is 0.359. The van der Waals surface area contributed by atoms with Crippen LogP contribution in [0.5, 0.6) is 0 Å². The fourth-order valence-electron chi connectivity index (χ4n) is 2.56. The molecular weight excluding hydrogens is 357 g/mol. The quantitative estimate of drug-likeness (QED) is 0.874. The monoisotopic (exact) mass is 369 g/mol. The van der Waals surface area contributed by atoms with Crippen molar-refractivity contribution in [1.29, 1.82) is 0 Å². The summed E-state index contributed by atoms with van der Waals surface area (Å²) < 4.78 is 38.3. The maximum absolute atomic E-state index is 13.7. The van der Waals surface area contributed by atoms with Gasteiger partial charge in [0.05, 0.1) is 21.2 Å². The van der Waals surface area contributed by atoms with Gasteiger partial charge in [0.15, 0.2) is 9.84 Å². The number of sulfone groups is 1. The molecule has 0 saturated heterocycles. The van der Waals surface area contributed by atoms with E-state index in [2.05, 4.69) is 21.2 Å². The third kappa shape index (κ3) is 2.58. The number of anilines is 1. The van der Waals surface area contributed by atoms with Gasteiger partial charge in [0.2, 0.25) is 0 Å². The predicted molar refractivity (Wildman–Crippen MR) is 83.7 cm³/mol. The molecule has 1 atom stereocenters. The van der Waals surface area contributed by atoms with Crippen LogP contribution in [0, 0.1) is 12.7 Å². The molecule has 6 heteroatoms. The molecule has 0 aliphatic carbocycles. The molecule has 2 aromatic carbocycles. The lowest BCUT2D eigenvalue weighted by Crippen LogP contribution is -2.13. The highest BCUT2D eigenvalue weighted by Gasteiger charge is 2.34. The molecule has 0 fully saturated rings. The van der Waals surface area contributed by atoms with E-state index in [1.807, 2.05) is 13.0 Å². The van der Waals surface area contributed by atoms with Crippen LogP contribution in [0.3, 0.4) is 0 Å². The second-order valence-electron chi connectivity index (χ2n) is 5.10. The Bertz CT molecular complexity index is 820. The molecule has 3 rings (SSSR count). The SMILES string of the molecule is Cc1cc(Br)c(F)cc1NC1CS(=O)(=O)c2ccccc21. The highest BCUT2D eigenvalue weighted by Crippen LogP contribution is 2.36. The number of aryl methyl sites for hydroxylation is 1. The number of halogens is 2. The molecule has 0 aromatic heterocycles. The number of benzene rings is 2. The van der Waals surface area contributed by atoms with Gasteiger partial charge < -0.3 is 5.32 Å². The average molecular weight is 370 g/mol. The zero-order valence-corrected chi connectivity index (χ0v) is 13.6. The standard InChI is InChI=1S/C15H13BrFNO2S/c1-9-6-11(16)12(17)7-13(9)18-14-8-21(19,20)15-5-3-2-4-10(14)15/h2-7,14,18H,8H2,1H3. The Hall–Kier alpha value is -1.40. The summed E-state index contributed by atoms with van der Waals surface area (Å²) in [5.74, 6) is -0.388. The molecule has 2 aromatic rings. The first-order chi connectivity index (χ1) is 9.88. The molecule has 1 N–H and O–H groups in total. The second-order valence-corrected chi connectivity index (χ2v) is 7.95. The van der Waals surface area contributed by atoms with Crippen LogP contribution in [-0.2, 0) is 9.84 Å². The molecule has 1 heterocycles. The molecular formula is C15H13BrFNO2S. The fourth-order valence-corrected chi connectivity index (χ4v) is 4.75. The summed E-state index contributed by atoms with van der Waals surface area (Å²) in [6.07, 6.45) is 0. The topological polar surface area (TPSA) is 46.2 Å². The lowest BCUT2D eigenvalue weighted by Gasteiger charge is -2.16. The van der Waals surface area contributed by atoms with Gasteiger partial charge in [-0.2, -0.15) is 0 Å². The Morgan fingerprint density at radius 1 is 1.29 bits per heavy atom. The van der Waals surface area contributed by atoms with E-state index >= 15 is 0 Å². The van der Waals surface area contributed by atoms with Crippen molar-refractivity contribution in [1.82, 2.24) is 0 Å². The molecule has 3 nitrogen and oxygen atoms in total. The van der Waals surface area contributed by atoms with E-state index in [0.717, 1.165) is 11.1 Å². The third-order valence-electron chi connectivity index (χ3n) is 3.61. The maximum Gasteiger partial charge on any atom is 0.181 e. The molecule has 110 valence electrons. The lowest BCUT2D eigenvalue weighted by molar-refractivity contribution is 0.598. The Morgan fingerprint density at radius 3 is 2.76 bits per heavy atom. The van der Waals surface area contributed by atoms with Gasteiger partial charge in [-0.25, -0.2) is 12.8 Å². The van der Waals surface area contributed by atoms with Crippen molar-refractivity contribution in [2.45, 2.75) is 17.9 Å². The Balaban J connectivity index is 2.00. The zero-order chi connectivity index (χ0) is 15.2. The number of rotatable bonds is 2. The van der Waals surface area contributed by atoms with Gasteiger partial charge in [0.25, 0.3) is 0 Å². The predicted octanol–water partition coefficient (Wildman–Crippen LogP) is 3.84. The van der Waals surface area contributed by atoms with Crippen molar-refractivity contribution in [3.8, 4) is 0 Å². The average Bonchev–Trinajstić information content (AvgIpc) is 2.68. The molecule has 0 radical (unpaired) electrons. The smallest absolute Gasteiger partial charge is 0.181 e. The van der Waals surface area contributed by atoms with Gasteiger partial charge in [-0.1, -0.05) is 18.2 Å². The minimum atomic E-state index is -3.27. The molecule has 0 saturated carbocycles. The first kappa shape index (κ1) is 14.5. The van der Waals surface area contributed by atoms with Gasteiger partial charge in [-0.3, -0.25) is 0 Å². The highest BCUT2D eigenvalue weighted by atomic mass is 79.9. The molecule has 1 unspecified atom stereocenters. The van der Waals surface area contributed by atoms with Crippen molar-refractivity contribution < 1.29 is 12.8 Å². The molecule has 0 bridgehead atoms. The van der Waals surface area contributed by atoms with Crippen molar-refractivity contribution in [2.75, 3.05) is 11.1 Å². The number of hydrogen-bond acceptors (Lipinski definition) is 3. The minimum Gasteiger partial charge on any atom is -0.377 e. The largest absolute Gasteiger partial charge is 0.377 e. The van der Waals surface area contributed by atoms with E-state index in [1.54, 1.807) is 24.3 Å². The van der Waals surface area contributed by atoms with Gasteiger partial charge in [-0.15, -0.1) is 0 Å². The van der Waals surface area contributed by atoms with Gasteiger partial charge in [0, 0.05) is 5.69 Å². The third-order valence-corrected chi connectivity index (χ3v) is 6.03. The van der Waals surface area contributed by atoms with Crippen LogP contribution >= 0.6 is 15.9 Å². The van der Waals surface area contributed by atoms with E-state index in [0.29, 0.717) is 15.1 Å². The summed E-state index contributed by atoms with van der Waals surface area (Å²) in [6.45, 7) is 1.85. The van der Waals surface area contributed by atoms with E-state index in [1.165, 1.54) is 6.07 Å². The van der Waals surface area contributed by atoms with E-state index in [9.17, 15) is 12.8 Å². The van der Waals surface area contributed by atoms with Crippen molar-refractivity contribution in [3.63, 3.8) is 0 Å². The molecule has 21 heavy (non-hydrogen) atoms. The molecule has 0 spiro atoms. The number of nitrogens with one attached hydrogen (secondary N) is 1. The Kier molecular flexibility index (Phi) is 3.53. The van der Waals surface area contributed by atoms with E-state index in [4.69, 9.17) is 0 Å². The maximum atomic E-state index is 13.7. The summed E-state index contributed by atoms with van der Waals surface area (Å²) in [5.41, 5.74) is 2.19. The summed E-state index contributed by atoms with van der Waals surface area (Å²) in [5, 5.41) is 3.15. The Morgan fingerprint density at radius 2 is 2.00 bits per heavy atom. The summed E-state index contributed by atoms with van der Waals surface area (Å²) >= 11 is 3.14. The van der Waals surface area contributed by atoms with E-state index in [-0.39, 0.29) is 17.6 Å². The van der Waals surface area contributed by atoms with Gasteiger partial charge in [-0.05, 0) is 52.2 Å². The summed E-state index contributed by atoms with van der Waals surface area (Å²) in [6, 6.07) is 9.63. The lowest BCUT2D eigenvalue weighted by atomic mass is 10.1. The first-order valence-corrected chi connectivity index (χ1v) is 8.87. The van der Waals surface area contributed by atoms with Crippen LogP contribution in [0.25, 0.3) is 0 Å². The Labute approximate surface area is 131 Å². The zero-order valence-electron chi connectivity index (χ0n) is 11.2. The fraction of sp³-hybridized carbons (Fsp3) is 0.200. The van der Waals surface area contributed by atoms with Gasteiger partial charge in [0.1, 0.15) is 5.82 Å². The molecule has 1 aliphatic heterocycles. The first-order valence-electron chi connectivity index (χ1n) is 6.42. The molecule has 0 amide bonds. The van der Waals surface area contributed by atoms with Gasteiger partial charge >= 0.3 is 0 Å². The van der Waals surface area contributed by atoms with Crippen LogP contribution in [0.15, 0.2) is 45.8 Å². The minimum absolute atomic E-state index is 0.0104. The van der Waals surface area contributed by atoms with Crippen molar-refractivity contribution in [2.24, 2.45) is 0 Å². The number of fused-ring (bicyclic) bond motifs is 1.